The summed E-state index contributed by atoms with van der Waals surface area (Å²) in [5, 5.41) is 11.0. The Hall–Kier alpha value is -2.89. The molecule has 3 rings (SSSR count). The van der Waals surface area contributed by atoms with Gasteiger partial charge in [0, 0.05) is 18.7 Å². The average molecular weight is 282 g/mol. The van der Waals surface area contributed by atoms with Crippen molar-refractivity contribution >= 4 is 22.4 Å². The molecule has 21 heavy (non-hydrogen) atoms. The van der Waals surface area contributed by atoms with Crippen LogP contribution in [0.25, 0.3) is 22.4 Å². The quantitative estimate of drug-likeness (QED) is 0.444. The van der Waals surface area contributed by atoms with Crippen LogP contribution in [0.4, 0.5) is 11.4 Å². The van der Waals surface area contributed by atoms with Gasteiger partial charge in [0.1, 0.15) is 11.5 Å². The van der Waals surface area contributed by atoms with Crippen molar-refractivity contribution in [1.82, 2.24) is 9.55 Å². The van der Waals surface area contributed by atoms with E-state index < -0.39 is 4.92 Å². The summed E-state index contributed by atoms with van der Waals surface area (Å²) in [7, 11) is 1.90. The molecule has 0 aliphatic rings. The number of fused-ring (bicyclic) bond motifs is 1. The van der Waals surface area contributed by atoms with Crippen molar-refractivity contribution in [1.29, 1.82) is 0 Å². The third-order valence-electron chi connectivity index (χ3n) is 3.58. The summed E-state index contributed by atoms with van der Waals surface area (Å²) >= 11 is 0. The van der Waals surface area contributed by atoms with Crippen LogP contribution in [0.2, 0.25) is 0 Å². The topological polar surface area (TPSA) is 87.0 Å². The Labute approximate surface area is 121 Å². The number of nitrogens with zero attached hydrogens (tertiary/aromatic N) is 3. The van der Waals surface area contributed by atoms with Gasteiger partial charge >= 0.3 is 0 Å². The molecule has 0 saturated carbocycles. The number of nitrogens with two attached hydrogens (primary N) is 1. The molecule has 1 aromatic heterocycles. The lowest BCUT2D eigenvalue weighted by Crippen LogP contribution is -1.98. The minimum atomic E-state index is -0.479. The fraction of sp³-hybridized carbons (Fsp3) is 0.133. The van der Waals surface area contributed by atoms with Crippen LogP contribution in [0, 0.1) is 17.0 Å². The van der Waals surface area contributed by atoms with Crippen LogP contribution in [0.15, 0.2) is 36.4 Å². The van der Waals surface area contributed by atoms with Crippen molar-refractivity contribution in [2.45, 2.75) is 6.92 Å². The number of rotatable bonds is 2. The molecule has 0 bridgehead atoms. The molecular weight excluding hydrogens is 268 g/mol. The first-order valence-corrected chi connectivity index (χ1v) is 6.45. The van der Waals surface area contributed by atoms with Crippen molar-refractivity contribution in [2.24, 2.45) is 7.05 Å². The summed E-state index contributed by atoms with van der Waals surface area (Å²) < 4.78 is 1.94. The Bertz CT molecular complexity index is 867. The number of benzene rings is 2. The third-order valence-corrected chi connectivity index (χ3v) is 3.58. The van der Waals surface area contributed by atoms with Gasteiger partial charge < -0.3 is 10.3 Å². The minimum absolute atomic E-state index is 0.101. The third kappa shape index (κ3) is 2.01. The van der Waals surface area contributed by atoms with Crippen molar-refractivity contribution in [3.05, 3.63) is 52.1 Å². The van der Waals surface area contributed by atoms with E-state index in [0.717, 1.165) is 16.6 Å². The molecule has 0 spiro atoms. The zero-order valence-corrected chi connectivity index (χ0v) is 11.7. The normalized spacial score (nSPS) is 11.0. The van der Waals surface area contributed by atoms with E-state index in [-0.39, 0.29) is 11.4 Å². The predicted molar refractivity (Wildman–Crippen MR) is 82.0 cm³/mol. The number of para-hydroxylation sites is 1. The maximum atomic E-state index is 11.0. The van der Waals surface area contributed by atoms with E-state index in [2.05, 4.69) is 4.98 Å². The van der Waals surface area contributed by atoms with Crippen LogP contribution in [-0.4, -0.2) is 14.5 Å². The van der Waals surface area contributed by atoms with Gasteiger partial charge in [-0.25, -0.2) is 4.98 Å². The number of aryl methyl sites for hydroxylation is 2. The second-order valence-electron chi connectivity index (χ2n) is 4.97. The van der Waals surface area contributed by atoms with E-state index in [0.29, 0.717) is 11.4 Å². The van der Waals surface area contributed by atoms with Gasteiger partial charge in [0.2, 0.25) is 0 Å². The largest absolute Gasteiger partial charge is 0.393 e. The summed E-state index contributed by atoms with van der Waals surface area (Å²) in [5.41, 5.74) is 9.36. The van der Waals surface area contributed by atoms with Crippen molar-refractivity contribution in [3.63, 3.8) is 0 Å². The number of imidazole rings is 1. The van der Waals surface area contributed by atoms with Gasteiger partial charge in [-0.3, -0.25) is 10.1 Å². The van der Waals surface area contributed by atoms with Crippen LogP contribution in [-0.2, 0) is 7.05 Å². The highest BCUT2D eigenvalue weighted by Crippen LogP contribution is 2.30. The molecule has 1 heterocycles. The molecule has 0 fully saturated rings. The molecule has 2 N–H and O–H groups in total. The summed E-state index contributed by atoms with van der Waals surface area (Å²) in [5.74, 6) is 0.683. The molecule has 0 amide bonds. The first kappa shape index (κ1) is 13.1. The Morgan fingerprint density at radius 2 is 2.05 bits per heavy atom. The maximum Gasteiger partial charge on any atom is 0.292 e. The molecule has 2 aromatic carbocycles. The second-order valence-corrected chi connectivity index (χ2v) is 4.97. The number of anilines is 1. The highest BCUT2D eigenvalue weighted by atomic mass is 16.6. The second kappa shape index (κ2) is 4.59. The van der Waals surface area contributed by atoms with Gasteiger partial charge in [0.05, 0.1) is 16.0 Å². The highest BCUT2D eigenvalue weighted by Gasteiger charge is 2.16. The zero-order chi connectivity index (χ0) is 15.1. The Morgan fingerprint density at radius 3 is 2.71 bits per heavy atom. The molecule has 0 aliphatic heterocycles. The van der Waals surface area contributed by atoms with E-state index in [1.165, 1.54) is 6.07 Å². The summed E-state index contributed by atoms with van der Waals surface area (Å²) in [6.07, 6.45) is 0. The standard InChI is InChI=1S/C15H14N4O2/c1-9-4-3-5-12-14(9)18(2)15(17-12)10-6-7-11(16)13(8-10)19(20)21/h3-8H,16H2,1-2H3. The average Bonchev–Trinajstić information content (AvgIpc) is 2.78. The van der Waals surface area contributed by atoms with Gasteiger partial charge in [0.15, 0.2) is 0 Å². The van der Waals surface area contributed by atoms with E-state index in [4.69, 9.17) is 5.73 Å². The number of hydrogen-bond donors (Lipinski definition) is 1. The van der Waals surface area contributed by atoms with Gasteiger partial charge in [-0.05, 0) is 30.7 Å². The van der Waals surface area contributed by atoms with Crippen LogP contribution < -0.4 is 5.73 Å². The molecule has 0 unspecified atom stereocenters. The number of nitro groups is 1. The fourth-order valence-electron chi connectivity index (χ4n) is 2.56. The highest BCUT2D eigenvalue weighted by molar-refractivity contribution is 5.84. The smallest absolute Gasteiger partial charge is 0.292 e. The first-order chi connectivity index (χ1) is 9.99. The van der Waals surface area contributed by atoms with Gasteiger partial charge in [-0.2, -0.15) is 0 Å². The zero-order valence-electron chi connectivity index (χ0n) is 11.7. The Morgan fingerprint density at radius 1 is 1.29 bits per heavy atom. The van der Waals surface area contributed by atoms with Crippen LogP contribution in [0.1, 0.15) is 5.56 Å². The molecule has 0 saturated heterocycles. The molecule has 106 valence electrons. The maximum absolute atomic E-state index is 11.0. The van der Waals surface area contributed by atoms with E-state index in [1.807, 2.05) is 36.7 Å². The van der Waals surface area contributed by atoms with Crippen molar-refractivity contribution < 1.29 is 4.92 Å². The van der Waals surface area contributed by atoms with E-state index in [1.54, 1.807) is 12.1 Å². The first-order valence-electron chi connectivity index (χ1n) is 6.45. The molecule has 0 atom stereocenters. The molecule has 0 radical (unpaired) electrons. The summed E-state index contributed by atoms with van der Waals surface area (Å²) in [4.78, 5) is 15.1. The predicted octanol–water partition coefficient (Wildman–Crippen LogP) is 3.04. The minimum Gasteiger partial charge on any atom is -0.393 e. The molecule has 6 heteroatoms. The van der Waals surface area contributed by atoms with Gasteiger partial charge in [-0.1, -0.05) is 12.1 Å². The lowest BCUT2D eigenvalue weighted by molar-refractivity contribution is -0.383. The van der Waals surface area contributed by atoms with Crippen molar-refractivity contribution in [3.8, 4) is 11.4 Å². The van der Waals surface area contributed by atoms with Crippen LogP contribution in [0.3, 0.4) is 0 Å². The lowest BCUT2D eigenvalue weighted by atomic mass is 10.1. The van der Waals surface area contributed by atoms with E-state index in [9.17, 15) is 10.1 Å². The lowest BCUT2D eigenvalue weighted by Gasteiger charge is -2.05. The number of nitro benzene ring substituents is 1. The molecule has 0 aliphatic carbocycles. The Kier molecular flexibility index (Phi) is 2.86. The molecule has 6 nitrogen and oxygen atoms in total. The Balaban J connectivity index is 2.26. The van der Waals surface area contributed by atoms with E-state index >= 15 is 0 Å². The van der Waals surface area contributed by atoms with Crippen LogP contribution >= 0.6 is 0 Å². The summed E-state index contributed by atoms with van der Waals surface area (Å²) in [6, 6.07) is 10.6. The van der Waals surface area contributed by atoms with Gasteiger partial charge in [0.25, 0.3) is 5.69 Å². The fourth-order valence-corrected chi connectivity index (χ4v) is 2.56. The van der Waals surface area contributed by atoms with Gasteiger partial charge in [-0.15, -0.1) is 0 Å². The van der Waals surface area contributed by atoms with Crippen LogP contribution in [0.5, 0.6) is 0 Å². The number of aromatic nitrogens is 2. The molecular formula is C15H14N4O2. The summed E-state index contributed by atoms with van der Waals surface area (Å²) in [6.45, 7) is 2.01. The molecule has 3 aromatic rings. The van der Waals surface area contributed by atoms with Crippen molar-refractivity contribution in [2.75, 3.05) is 5.73 Å². The SMILES string of the molecule is Cc1cccc2nc(-c3ccc(N)c([N+](=O)[O-])c3)n(C)c12. The number of nitrogen functional groups attached to an aromatic ring is 1. The number of hydrogen-bond acceptors (Lipinski definition) is 4. The monoisotopic (exact) mass is 282 g/mol.